The molecule has 0 heterocycles. The number of aliphatic hydroxyl groups is 1. The minimum absolute atomic E-state index is 0.00464. The Labute approximate surface area is 121 Å². The summed E-state index contributed by atoms with van der Waals surface area (Å²) < 4.78 is 27.0. The second kappa shape index (κ2) is 5.13. The molecule has 0 radical (unpaired) electrons. The van der Waals surface area contributed by atoms with E-state index in [4.69, 9.17) is 0 Å². The molecule has 0 bridgehead atoms. The van der Waals surface area contributed by atoms with Crippen LogP contribution in [0.5, 0.6) is 0 Å². The van der Waals surface area contributed by atoms with Gasteiger partial charge < -0.3 is 5.11 Å². The Morgan fingerprint density at radius 2 is 1.75 bits per heavy atom. The zero-order chi connectivity index (χ0) is 15.0. The van der Waals surface area contributed by atoms with Crippen molar-refractivity contribution in [2.45, 2.75) is 43.9 Å². The highest BCUT2D eigenvalue weighted by Gasteiger charge is 2.42. The summed E-state index contributed by atoms with van der Waals surface area (Å²) in [6.07, 6.45) is 1.77. The molecule has 2 rings (SSSR count). The van der Waals surface area contributed by atoms with Crippen LogP contribution >= 0.6 is 0 Å². The fourth-order valence-corrected chi connectivity index (χ4v) is 3.19. The van der Waals surface area contributed by atoms with Crippen LogP contribution in [0.2, 0.25) is 0 Å². The molecule has 0 aliphatic heterocycles. The highest BCUT2D eigenvalue weighted by Crippen LogP contribution is 2.44. The summed E-state index contributed by atoms with van der Waals surface area (Å²) in [5, 5.41) is 9.22. The molecule has 1 aromatic carbocycles. The van der Waals surface area contributed by atoms with Crippen LogP contribution in [0.15, 0.2) is 29.2 Å². The van der Waals surface area contributed by atoms with E-state index in [-0.39, 0.29) is 22.3 Å². The van der Waals surface area contributed by atoms with E-state index in [0.29, 0.717) is 6.54 Å². The van der Waals surface area contributed by atoms with Crippen molar-refractivity contribution in [3.63, 3.8) is 0 Å². The number of nitrogens with one attached hydrogen (secondary N) is 1. The summed E-state index contributed by atoms with van der Waals surface area (Å²) in [5.74, 6) is 0. The normalized spacial score (nSPS) is 18.0. The van der Waals surface area contributed by atoms with Gasteiger partial charge >= 0.3 is 0 Å². The first kappa shape index (κ1) is 15.5. The van der Waals surface area contributed by atoms with Gasteiger partial charge in [0, 0.05) is 18.6 Å². The summed E-state index contributed by atoms with van der Waals surface area (Å²) in [6, 6.07) is 6.99. The van der Waals surface area contributed by atoms with E-state index < -0.39 is 10.0 Å². The van der Waals surface area contributed by atoms with Crippen LogP contribution in [-0.4, -0.2) is 26.7 Å². The largest absolute Gasteiger partial charge is 0.396 e. The van der Waals surface area contributed by atoms with Crippen molar-refractivity contribution in [2.24, 2.45) is 5.41 Å². The van der Waals surface area contributed by atoms with E-state index >= 15 is 0 Å². The maximum Gasteiger partial charge on any atom is 0.240 e. The zero-order valence-corrected chi connectivity index (χ0v) is 13.1. The standard InChI is InChI=1S/C15H23NO3S/c1-14(2,3)12-4-6-13(7-5-12)20(18,19)16-10-15(11-17)8-9-15/h4-7,16-17H,8-11H2,1-3H3. The first-order valence-electron chi connectivity index (χ1n) is 6.90. The monoisotopic (exact) mass is 297 g/mol. The number of sulfonamides is 1. The van der Waals surface area contributed by atoms with Crippen LogP contribution in [0.1, 0.15) is 39.2 Å². The summed E-state index contributed by atoms with van der Waals surface area (Å²) in [4.78, 5) is 0.277. The average molecular weight is 297 g/mol. The Morgan fingerprint density at radius 1 is 1.20 bits per heavy atom. The van der Waals surface area contributed by atoms with Gasteiger partial charge in [-0.3, -0.25) is 0 Å². The fraction of sp³-hybridized carbons (Fsp3) is 0.600. The SMILES string of the molecule is CC(C)(C)c1ccc(S(=O)(=O)NCC2(CO)CC2)cc1. The lowest BCUT2D eigenvalue weighted by molar-refractivity contribution is 0.213. The number of rotatable bonds is 5. The molecule has 1 aromatic rings. The molecule has 4 nitrogen and oxygen atoms in total. The van der Waals surface area contributed by atoms with Crippen molar-refractivity contribution < 1.29 is 13.5 Å². The van der Waals surface area contributed by atoms with Crippen LogP contribution in [0.25, 0.3) is 0 Å². The predicted molar refractivity (Wildman–Crippen MR) is 79.1 cm³/mol. The van der Waals surface area contributed by atoms with Gasteiger partial charge in [0.15, 0.2) is 0 Å². The number of hydrogen-bond donors (Lipinski definition) is 2. The van der Waals surface area contributed by atoms with Gasteiger partial charge in [-0.25, -0.2) is 13.1 Å². The molecule has 0 unspecified atom stereocenters. The van der Waals surface area contributed by atoms with Crippen LogP contribution in [0.3, 0.4) is 0 Å². The van der Waals surface area contributed by atoms with Gasteiger partial charge in [0.1, 0.15) is 0 Å². The van der Waals surface area contributed by atoms with E-state index in [1.807, 2.05) is 12.1 Å². The van der Waals surface area contributed by atoms with Crippen LogP contribution < -0.4 is 4.72 Å². The van der Waals surface area contributed by atoms with Gasteiger partial charge in [-0.05, 0) is 36.0 Å². The molecule has 5 heteroatoms. The maximum atomic E-state index is 12.2. The zero-order valence-electron chi connectivity index (χ0n) is 12.3. The molecule has 0 amide bonds. The topological polar surface area (TPSA) is 66.4 Å². The Hall–Kier alpha value is -0.910. The molecule has 1 fully saturated rings. The van der Waals surface area contributed by atoms with Gasteiger partial charge in [0.2, 0.25) is 10.0 Å². The van der Waals surface area contributed by atoms with E-state index in [1.165, 1.54) is 0 Å². The summed E-state index contributed by atoms with van der Waals surface area (Å²) in [5.41, 5.74) is 0.883. The molecular formula is C15H23NO3S. The molecule has 20 heavy (non-hydrogen) atoms. The van der Waals surface area contributed by atoms with Crippen molar-refractivity contribution in [3.05, 3.63) is 29.8 Å². The second-order valence-corrected chi connectivity index (χ2v) is 8.52. The van der Waals surface area contributed by atoms with Gasteiger partial charge in [-0.15, -0.1) is 0 Å². The molecule has 0 saturated heterocycles. The highest BCUT2D eigenvalue weighted by atomic mass is 32.2. The van der Waals surface area contributed by atoms with Crippen LogP contribution in [0, 0.1) is 5.41 Å². The third-order valence-corrected chi connectivity index (χ3v) is 5.38. The predicted octanol–water partition coefficient (Wildman–Crippen LogP) is 2.03. The lowest BCUT2D eigenvalue weighted by Gasteiger charge is -2.19. The summed E-state index contributed by atoms with van der Waals surface area (Å²) in [6.45, 7) is 6.62. The minimum Gasteiger partial charge on any atom is -0.396 e. The molecule has 112 valence electrons. The first-order chi connectivity index (χ1) is 9.19. The summed E-state index contributed by atoms with van der Waals surface area (Å²) >= 11 is 0. The lowest BCUT2D eigenvalue weighted by Crippen LogP contribution is -2.32. The van der Waals surface area contributed by atoms with Crippen molar-refractivity contribution in [1.82, 2.24) is 4.72 Å². The number of hydrogen-bond acceptors (Lipinski definition) is 3. The van der Waals surface area contributed by atoms with E-state index in [1.54, 1.807) is 12.1 Å². The van der Waals surface area contributed by atoms with Gasteiger partial charge in [-0.2, -0.15) is 0 Å². The quantitative estimate of drug-likeness (QED) is 0.874. The number of benzene rings is 1. The molecule has 0 spiro atoms. The Morgan fingerprint density at radius 3 is 2.15 bits per heavy atom. The Bertz CT molecular complexity index is 566. The van der Waals surface area contributed by atoms with E-state index in [2.05, 4.69) is 25.5 Å². The molecule has 1 saturated carbocycles. The Kier molecular flexibility index (Phi) is 3.97. The van der Waals surface area contributed by atoms with Gasteiger partial charge in [0.25, 0.3) is 0 Å². The van der Waals surface area contributed by atoms with Crippen molar-refractivity contribution >= 4 is 10.0 Å². The van der Waals surface area contributed by atoms with E-state index in [9.17, 15) is 13.5 Å². The van der Waals surface area contributed by atoms with E-state index in [0.717, 1.165) is 18.4 Å². The molecule has 0 aromatic heterocycles. The maximum absolute atomic E-state index is 12.2. The Balaban J connectivity index is 2.10. The van der Waals surface area contributed by atoms with Gasteiger partial charge in [-0.1, -0.05) is 32.9 Å². The second-order valence-electron chi connectivity index (χ2n) is 6.76. The highest BCUT2D eigenvalue weighted by molar-refractivity contribution is 7.89. The molecule has 1 aliphatic carbocycles. The molecule has 0 atom stereocenters. The summed E-state index contributed by atoms with van der Waals surface area (Å²) in [7, 11) is -3.49. The molecule has 2 N–H and O–H groups in total. The lowest BCUT2D eigenvalue weighted by atomic mass is 9.87. The van der Waals surface area contributed by atoms with Crippen molar-refractivity contribution in [1.29, 1.82) is 0 Å². The molecular weight excluding hydrogens is 274 g/mol. The molecule has 1 aliphatic rings. The fourth-order valence-electron chi connectivity index (χ4n) is 2.03. The van der Waals surface area contributed by atoms with Crippen LogP contribution in [0.4, 0.5) is 0 Å². The number of aliphatic hydroxyl groups excluding tert-OH is 1. The van der Waals surface area contributed by atoms with Gasteiger partial charge in [0.05, 0.1) is 4.90 Å². The average Bonchev–Trinajstić information content (AvgIpc) is 3.16. The smallest absolute Gasteiger partial charge is 0.240 e. The van der Waals surface area contributed by atoms with Crippen LogP contribution in [-0.2, 0) is 15.4 Å². The van der Waals surface area contributed by atoms with Crippen molar-refractivity contribution in [3.8, 4) is 0 Å². The minimum atomic E-state index is -3.49. The third kappa shape index (κ3) is 3.40. The third-order valence-electron chi connectivity index (χ3n) is 3.96. The first-order valence-corrected chi connectivity index (χ1v) is 8.38. The van der Waals surface area contributed by atoms with Crippen molar-refractivity contribution in [2.75, 3.05) is 13.2 Å².